The Labute approximate surface area is 92.6 Å². The quantitative estimate of drug-likeness (QED) is 0.663. The van der Waals surface area contributed by atoms with E-state index in [1.54, 1.807) is 7.11 Å². The number of allylic oxidation sites excluding steroid dienone is 1. The van der Waals surface area contributed by atoms with Crippen LogP contribution >= 0.6 is 0 Å². The molecule has 86 valence electrons. The molecule has 0 radical (unpaired) electrons. The highest BCUT2D eigenvalue weighted by molar-refractivity contribution is 5.18. The number of methoxy groups -OCH3 is 1. The van der Waals surface area contributed by atoms with Gasteiger partial charge in [-0.1, -0.05) is 25.8 Å². The third-order valence-corrected chi connectivity index (χ3v) is 3.60. The van der Waals surface area contributed by atoms with Gasteiger partial charge in [0.15, 0.2) is 6.29 Å². The molecule has 0 bridgehead atoms. The molecule has 1 fully saturated rings. The third-order valence-electron chi connectivity index (χ3n) is 3.60. The van der Waals surface area contributed by atoms with Gasteiger partial charge in [-0.25, -0.2) is 0 Å². The van der Waals surface area contributed by atoms with Crippen molar-refractivity contribution >= 4 is 0 Å². The smallest absolute Gasteiger partial charge is 0.180 e. The highest BCUT2D eigenvalue weighted by Gasteiger charge is 2.39. The fraction of sp³-hybridized carbons (Fsp3) is 0.846. The zero-order valence-electron chi connectivity index (χ0n) is 9.87. The van der Waals surface area contributed by atoms with Gasteiger partial charge in [-0.3, -0.25) is 0 Å². The summed E-state index contributed by atoms with van der Waals surface area (Å²) < 4.78 is 11.4. The Kier molecular flexibility index (Phi) is 3.81. The lowest BCUT2D eigenvalue weighted by atomic mass is 9.84. The van der Waals surface area contributed by atoms with Crippen molar-refractivity contribution in [2.45, 2.75) is 57.8 Å². The lowest BCUT2D eigenvalue weighted by Gasteiger charge is -2.21. The first kappa shape index (κ1) is 11.2. The number of rotatable bonds is 4. The van der Waals surface area contributed by atoms with E-state index in [0.717, 1.165) is 0 Å². The van der Waals surface area contributed by atoms with Gasteiger partial charge in [0.1, 0.15) is 0 Å². The summed E-state index contributed by atoms with van der Waals surface area (Å²) in [6, 6.07) is 0. The van der Waals surface area contributed by atoms with Gasteiger partial charge in [0.2, 0.25) is 0 Å². The van der Waals surface area contributed by atoms with E-state index < -0.39 is 0 Å². The van der Waals surface area contributed by atoms with Crippen LogP contribution in [0.2, 0.25) is 0 Å². The summed E-state index contributed by atoms with van der Waals surface area (Å²) in [6.07, 6.45) is 10.2. The molecule has 2 aliphatic rings. The molecule has 1 saturated heterocycles. The predicted octanol–water partition coefficient (Wildman–Crippen LogP) is 3.27. The zero-order chi connectivity index (χ0) is 10.7. The average Bonchev–Trinajstić information content (AvgIpc) is 2.65. The van der Waals surface area contributed by atoms with Crippen molar-refractivity contribution in [3.63, 3.8) is 0 Å². The summed E-state index contributed by atoms with van der Waals surface area (Å²) >= 11 is 0. The van der Waals surface area contributed by atoms with E-state index in [1.165, 1.54) is 44.1 Å². The zero-order valence-corrected chi connectivity index (χ0v) is 9.87. The second kappa shape index (κ2) is 5.13. The van der Waals surface area contributed by atoms with Crippen LogP contribution in [0.25, 0.3) is 0 Å². The number of fused-ring (bicyclic) bond motifs is 1. The fourth-order valence-electron chi connectivity index (χ4n) is 2.79. The Balaban J connectivity index is 2.02. The molecule has 3 atom stereocenters. The van der Waals surface area contributed by atoms with E-state index in [9.17, 15) is 0 Å². The number of hydrogen-bond donors (Lipinski definition) is 0. The molecule has 1 aliphatic carbocycles. The van der Waals surface area contributed by atoms with Crippen LogP contribution in [0.3, 0.4) is 0 Å². The van der Waals surface area contributed by atoms with E-state index in [1.807, 2.05) is 0 Å². The maximum Gasteiger partial charge on any atom is 0.180 e. The first-order chi connectivity index (χ1) is 7.36. The Morgan fingerprint density at radius 2 is 2.40 bits per heavy atom. The molecule has 0 N–H and O–H groups in total. The highest BCUT2D eigenvalue weighted by atomic mass is 16.7. The van der Waals surface area contributed by atoms with Crippen molar-refractivity contribution in [1.82, 2.24) is 0 Å². The van der Waals surface area contributed by atoms with E-state index in [4.69, 9.17) is 9.47 Å². The summed E-state index contributed by atoms with van der Waals surface area (Å²) in [5.74, 6) is 0.648. The standard InChI is InChI=1S/C13H22O2/c1-3-4-9-12-10-7-5-6-8-11(10)13(14-2)15-12/h8,10,12-13H,3-7,9H2,1-2H3. The van der Waals surface area contributed by atoms with Crippen molar-refractivity contribution < 1.29 is 9.47 Å². The van der Waals surface area contributed by atoms with Crippen LogP contribution in [-0.2, 0) is 9.47 Å². The summed E-state index contributed by atoms with van der Waals surface area (Å²) in [6.45, 7) is 2.24. The van der Waals surface area contributed by atoms with Gasteiger partial charge < -0.3 is 9.47 Å². The molecule has 3 unspecified atom stereocenters. The largest absolute Gasteiger partial charge is 0.352 e. The molecule has 0 amide bonds. The Morgan fingerprint density at radius 3 is 3.13 bits per heavy atom. The van der Waals surface area contributed by atoms with Gasteiger partial charge in [0, 0.05) is 13.0 Å². The summed E-state index contributed by atoms with van der Waals surface area (Å²) in [4.78, 5) is 0. The third kappa shape index (κ3) is 2.26. The first-order valence-electron chi connectivity index (χ1n) is 6.25. The van der Waals surface area contributed by atoms with Crippen LogP contribution in [0.5, 0.6) is 0 Å². The highest BCUT2D eigenvalue weighted by Crippen LogP contribution is 2.40. The molecule has 2 heteroatoms. The van der Waals surface area contributed by atoms with Crippen LogP contribution in [0.1, 0.15) is 45.4 Å². The predicted molar refractivity (Wildman–Crippen MR) is 60.6 cm³/mol. The van der Waals surface area contributed by atoms with Crippen LogP contribution in [0.4, 0.5) is 0 Å². The van der Waals surface area contributed by atoms with Crippen LogP contribution in [-0.4, -0.2) is 19.5 Å². The topological polar surface area (TPSA) is 18.5 Å². The SMILES string of the molecule is CCCCC1OC(OC)C2=CCCCC21. The van der Waals surface area contributed by atoms with Crippen molar-refractivity contribution in [2.75, 3.05) is 7.11 Å². The van der Waals surface area contributed by atoms with Gasteiger partial charge in [-0.2, -0.15) is 0 Å². The van der Waals surface area contributed by atoms with Crippen LogP contribution in [0, 0.1) is 5.92 Å². The molecule has 0 saturated carbocycles. The van der Waals surface area contributed by atoms with Crippen LogP contribution < -0.4 is 0 Å². The summed E-state index contributed by atoms with van der Waals surface area (Å²) in [5.41, 5.74) is 1.42. The lowest BCUT2D eigenvalue weighted by Crippen LogP contribution is -2.18. The number of hydrogen-bond acceptors (Lipinski definition) is 2. The molecule has 1 aliphatic heterocycles. The van der Waals surface area contributed by atoms with E-state index in [2.05, 4.69) is 13.0 Å². The number of unbranched alkanes of at least 4 members (excludes halogenated alkanes) is 1. The van der Waals surface area contributed by atoms with Gasteiger partial charge >= 0.3 is 0 Å². The molecule has 15 heavy (non-hydrogen) atoms. The van der Waals surface area contributed by atoms with Crippen molar-refractivity contribution in [2.24, 2.45) is 5.92 Å². The molecule has 0 aromatic rings. The van der Waals surface area contributed by atoms with E-state index in [0.29, 0.717) is 12.0 Å². The van der Waals surface area contributed by atoms with Gasteiger partial charge in [0.05, 0.1) is 6.10 Å². The molecule has 2 rings (SSSR count). The first-order valence-corrected chi connectivity index (χ1v) is 6.25. The van der Waals surface area contributed by atoms with Crippen LogP contribution in [0.15, 0.2) is 11.6 Å². The van der Waals surface area contributed by atoms with Crippen molar-refractivity contribution in [3.05, 3.63) is 11.6 Å². The Morgan fingerprint density at radius 1 is 1.53 bits per heavy atom. The lowest BCUT2D eigenvalue weighted by molar-refractivity contribution is -0.105. The second-order valence-electron chi connectivity index (χ2n) is 4.63. The molecule has 2 nitrogen and oxygen atoms in total. The summed E-state index contributed by atoms with van der Waals surface area (Å²) in [7, 11) is 1.75. The fourth-order valence-corrected chi connectivity index (χ4v) is 2.79. The minimum Gasteiger partial charge on any atom is -0.352 e. The molecular weight excluding hydrogens is 188 g/mol. The second-order valence-corrected chi connectivity index (χ2v) is 4.63. The molecule has 0 aromatic carbocycles. The van der Waals surface area contributed by atoms with E-state index in [-0.39, 0.29) is 6.29 Å². The maximum atomic E-state index is 5.97. The molecule has 0 aromatic heterocycles. The monoisotopic (exact) mass is 210 g/mol. The minimum atomic E-state index is -0.0443. The van der Waals surface area contributed by atoms with Crippen molar-refractivity contribution in [3.8, 4) is 0 Å². The minimum absolute atomic E-state index is 0.0443. The molecule has 0 spiro atoms. The summed E-state index contributed by atoms with van der Waals surface area (Å²) in [5, 5.41) is 0. The van der Waals surface area contributed by atoms with Crippen molar-refractivity contribution in [1.29, 1.82) is 0 Å². The van der Waals surface area contributed by atoms with Gasteiger partial charge in [-0.15, -0.1) is 0 Å². The van der Waals surface area contributed by atoms with E-state index >= 15 is 0 Å². The van der Waals surface area contributed by atoms with Gasteiger partial charge in [-0.05, 0) is 31.3 Å². The Bertz CT molecular complexity index is 235. The molecule has 1 heterocycles. The number of ether oxygens (including phenoxy) is 2. The molecular formula is C13H22O2. The Hall–Kier alpha value is -0.340. The normalized spacial score (nSPS) is 35.1. The average molecular weight is 210 g/mol. The maximum absolute atomic E-state index is 5.97. The van der Waals surface area contributed by atoms with Gasteiger partial charge in [0.25, 0.3) is 0 Å².